The molecule has 23 heavy (non-hydrogen) atoms. The van der Waals surface area contributed by atoms with Crippen molar-refractivity contribution in [2.75, 3.05) is 42.8 Å². The van der Waals surface area contributed by atoms with Gasteiger partial charge in [0.15, 0.2) is 0 Å². The summed E-state index contributed by atoms with van der Waals surface area (Å²) in [5.41, 5.74) is 0. The van der Waals surface area contributed by atoms with Gasteiger partial charge in [-0.2, -0.15) is 15.0 Å². The van der Waals surface area contributed by atoms with Gasteiger partial charge < -0.3 is 19.3 Å². The van der Waals surface area contributed by atoms with Crippen LogP contribution in [0.2, 0.25) is 5.28 Å². The van der Waals surface area contributed by atoms with E-state index in [1.807, 2.05) is 0 Å². The molecule has 0 aromatic carbocycles. The molecule has 0 unspecified atom stereocenters. The van der Waals surface area contributed by atoms with Gasteiger partial charge in [-0.1, -0.05) is 6.92 Å². The molecule has 0 N–H and O–H groups in total. The highest BCUT2D eigenvalue weighted by atomic mass is 35.5. The summed E-state index contributed by atoms with van der Waals surface area (Å²) in [7, 11) is 0. The number of morpholine rings is 2. The molecule has 2 saturated heterocycles. The number of halogens is 1. The molecule has 0 radical (unpaired) electrons. The first-order valence-corrected chi connectivity index (χ1v) is 8.60. The van der Waals surface area contributed by atoms with E-state index >= 15 is 0 Å². The van der Waals surface area contributed by atoms with Gasteiger partial charge in [-0.15, -0.1) is 0 Å². The maximum Gasteiger partial charge on any atom is 0.232 e. The van der Waals surface area contributed by atoms with Gasteiger partial charge in [0.1, 0.15) is 0 Å². The molecule has 0 amide bonds. The molecule has 3 rings (SSSR count). The van der Waals surface area contributed by atoms with Gasteiger partial charge in [-0.25, -0.2) is 0 Å². The standard InChI is InChI=1S/C15H24ClN5O2/c1-4-12-9-23-8-11(3)21(12)15-18-13(16)17-14(19-15)20-5-6-22-7-10(20)2/h10-12H,4-9H2,1-3H3/t10-,11-,12-/m1/s1. The van der Waals surface area contributed by atoms with Crippen molar-refractivity contribution in [2.24, 2.45) is 0 Å². The van der Waals surface area contributed by atoms with Crippen molar-refractivity contribution in [3.63, 3.8) is 0 Å². The number of anilines is 2. The van der Waals surface area contributed by atoms with Crippen LogP contribution >= 0.6 is 11.6 Å². The average Bonchev–Trinajstić information content (AvgIpc) is 2.54. The summed E-state index contributed by atoms with van der Waals surface area (Å²) in [4.78, 5) is 17.8. The third kappa shape index (κ3) is 3.51. The number of rotatable bonds is 3. The van der Waals surface area contributed by atoms with Crippen molar-refractivity contribution in [3.8, 4) is 0 Å². The molecule has 1 aromatic heterocycles. The molecule has 2 aliphatic rings. The SMILES string of the molecule is CC[C@@H]1COC[C@@H](C)N1c1nc(Cl)nc(N2CCOC[C@H]2C)n1. The maximum atomic E-state index is 6.20. The van der Waals surface area contributed by atoms with E-state index in [0.29, 0.717) is 38.3 Å². The number of hydrogen-bond acceptors (Lipinski definition) is 7. The van der Waals surface area contributed by atoms with Crippen LogP contribution in [0, 0.1) is 0 Å². The van der Waals surface area contributed by atoms with E-state index in [-0.39, 0.29) is 23.4 Å². The summed E-state index contributed by atoms with van der Waals surface area (Å²) in [5.74, 6) is 1.27. The van der Waals surface area contributed by atoms with Gasteiger partial charge in [0.05, 0.1) is 44.6 Å². The lowest BCUT2D eigenvalue weighted by Crippen LogP contribution is -2.52. The Morgan fingerprint density at radius 3 is 2.52 bits per heavy atom. The van der Waals surface area contributed by atoms with Crippen molar-refractivity contribution >= 4 is 23.5 Å². The third-order valence-electron chi connectivity index (χ3n) is 4.45. The fourth-order valence-corrected chi connectivity index (χ4v) is 3.32. The second-order valence-electron chi connectivity index (χ2n) is 6.18. The van der Waals surface area contributed by atoms with Crippen LogP contribution in [0.3, 0.4) is 0 Å². The van der Waals surface area contributed by atoms with E-state index in [0.717, 1.165) is 13.0 Å². The van der Waals surface area contributed by atoms with Gasteiger partial charge in [-0.3, -0.25) is 0 Å². The fourth-order valence-electron chi connectivity index (χ4n) is 3.17. The monoisotopic (exact) mass is 341 g/mol. The lowest BCUT2D eigenvalue weighted by atomic mass is 10.1. The quantitative estimate of drug-likeness (QED) is 0.829. The largest absolute Gasteiger partial charge is 0.377 e. The average molecular weight is 342 g/mol. The molecule has 7 nitrogen and oxygen atoms in total. The molecular formula is C15H24ClN5O2. The molecule has 0 bridgehead atoms. The summed E-state index contributed by atoms with van der Waals surface area (Å²) in [5, 5.41) is 0.234. The van der Waals surface area contributed by atoms with Gasteiger partial charge >= 0.3 is 0 Å². The van der Waals surface area contributed by atoms with Gasteiger partial charge in [0.2, 0.25) is 17.2 Å². The highest BCUT2D eigenvalue weighted by molar-refractivity contribution is 6.28. The Balaban J connectivity index is 1.93. The second kappa shape index (κ2) is 7.15. The zero-order valence-corrected chi connectivity index (χ0v) is 14.7. The van der Waals surface area contributed by atoms with Crippen LogP contribution in [0.4, 0.5) is 11.9 Å². The van der Waals surface area contributed by atoms with Crippen LogP contribution in [0.5, 0.6) is 0 Å². The van der Waals surface area contributed by atoms with Crippen LogP contribution in [0.1, 0.15) is 27.2 Å². The molecule has 0 saturated carbocycles. The zero-order chi connectivity index (χ0) is 16.4. The van der Waals surface area contributed by atoms with Crippen LogP contribution in [0.25, 0.3) is 0 Å². The van der Waals surface area contributed by atoms with Gasteiger partial charge in [-0.05, 0) is 31.9 Å². The lowest BCUT2D eigenvalue weighted by molar-refractivity contribution is 0.0689. The molecule has 0 aliphatic carbocycles. The minimum atomic E-state index is 0.210. The molecule has 8 heteroatoms. The molecule has 3 atom stereocenters. The predicted molar refractivity (Wildman–Crippen MR) is 89.3 cm³/mol. The Bertz CT molecular complexity index is 547. The van der Waals surface area contributed by atoms with Crippen molar-refractivity contribution in [1.82, 2.24) is 15.0 Å². The molecule has 1 aromatic rings. The van der Waals surface area contributed by atoms with E-state index in [2.05, 4.69) is 40.5 Å². The van der Waals surface area contributed by atoms with Crippen LogP contribution in [-0.4, -0.2) is 66.0 Å². The van der Waals surface area contributed by atoms with E-state index in [1.165, 1.54) is 0 Å². The minimum Gasteiger partial charge on any atom is -0.377 e. The van der Waals surface area contributed by atoms with Gasteiger partial charge in [0, 0.05) is 6.54 Å². The van der Waals surface area contributed by atoms with E-state index < -0.39 is 0 Å². The lowest BCUT2D eigenvalue weighted by Gasteiger charge is -2.40. The Kier molecular flexibility index (Phi) is 5.18. The number of nitrogens with zero attached hydrogens (tertiary/aromatic N) is 5. The fraction of sp³-hybridized carbons (Fsp3) is 0.800. The second-order valence-corrected chi connectivity index (χ2v) is 6.52. The summed E-state index contributed by atoms with van der Waals surface area (Å²) in [6.45, 7) is 9.83. The smallest absolute Gasteiger partial charge is 0.232 e. The topological polar surface area (TPSA) is 63.6 Å². The highest BCUT2D eigenvalue weighted by Gasteiger charge is 2.31. The highest BCUT2D eigenvalue weighted by Crippen LogP contribution is 2.25. The number of aromatic nitrogens is 3. The first-order valence-electron chi connectivity index (χ1n) is 8.22. The predicted octanol–water partition coefficient (Wildman–Crippen LogP) is 1.75. The summed E-state index contributed by atoms with van der Waals surface area (Å²) in [6.07, 6.45) is 0.969. The molecule has 0 spiro atoms. The van der Waals surface area contributed by atoms with E-state index in [4.69, 9.17) is 26.1 Å². The van der Waals surface area contributed by atoms with Crippen LogP contribution < -0.4 is 9.80 Å². The molecular weight excluding hydrogens is 318 g/mol. The Morgan fingerprint density at radius 1 is 1.04 bits per heavy atom. The minimum absolute atomic E-state index is 0.210. The number of ether oxygens (including phenoxy) is 2. The molecule has 2 aliphatic heterocycles. The van der Waals surface area contributed by atoms with Crippen LogP contribution in [0.15, 0.2) is 0 Å². The van der Waals surface area contributed by atoms with Crippen molar-refractivity contribution in [3.05, 3.63) is 5.28 Å². The molecule has 3 heterocycles. The van der Waals surface area contributed by atoms with Gasteiger partial charge in [0.25, 0.3) is 0 Å². The normalized spacial score (nSPS) is 29.0. The zero-order valence-electron chi connectivity index (χ0n) is 13.9. The third-order valence-corrected chi connectivity index (χ3v) is 4.62. The first kappa shape index (κ1) is 16.7. The Hall–Kier alpha value is -1.18. The maximum absolute atomic E-state index is 6.20. The molecule has 2 fully saturated rings. The van der Waals surface area contributed by atoms with Crippen molar-refractivity contribution in [2.45, 2.75) is 45.3 Å². The summed E-state index contributed by atoms with van der Waals surface area (Å²) in [6, 6.07) is 0.688. The van der Waals surface area contributed by atoms with Crippen molar-refractivity contribution < 1.29 is 9.47 Å². The first-order chi connectivity index (χ1) is 11.1. The summed E-state index contributed by atoms with van der Waals surface area (Å²) >= 11 is 6.20. The van der Waals surface area contributed by atoms with Crippen molar-refractivity contribution in [1.29, 1.82) is 0 Å². The Morgan fingerprint density at radius 2 is 1.78 bits per heavy atom. The number of hydrogen-bond donors (Lipinski definition) is 0. The van der Waals surface area contributed by atoms with E-state index in [1.54, 1.807) is 0 Å². The van der Waals surface area contributed by atoms with Crippen LogP contribution in [-0.2, 0) is 9.47 Å². The molecule has 128 valence electrons. The van der Waals surface area contributed by atoms with E-state index in [9.17, 15) is 0 Å². The Labute approximate surface area is 142 Å². The summed E-state index contributed by atoms with van der Waals surface area (Å²) < 4.78 is 11.1.